The molecule has 0 bridgehead atoms. The van der Waals surface area contributed by atoms with Crippen molar-refractivity contribution in [1.29, 1.82) is 0 Å². The molecule has 0 aliphatic carbocycles. The average Bonchev–Trinajstić information content (AvgIpc) is 3.40. The minimum atomic E-state index is -2.25. The van der Waals surface area contributed by atoms with Gasteiger partial charge in [-0.3, -0.25) is 0 Å². The van der Waals surface area contributed by atoms with Crippen molar-refractivity contribution in [3.8, 4) is 0 Å². The number of ether oxygens (including phenoxy) is 2. The van der Waals surface area contributed by atoms with Gasteiger partial charge < -0.3 is 68.9 Å². The molecule has 24 heteroatoms. The van der Waals surface area contributed by atoms with Crippen LogP contribution >= 0.6 is 75.8 Å². The molecule has 0 heterocycles. The minimum absolute atomic E-state index is 0.0313. The molecule has 0 aromatic carbocycles. The molecule has 0 rings (SSSR count). The zero-order chi connectivity index (χ0) is 61.1. The van der Waals surface area contributed by atoms with Gasteiger partial charge in [0.2, 0.25) is 0 Å². The van der Waals surface area contributed by atoms with Gasteiger partial charge in [0.05, 0.1) is 57.5 Å². The number of carboxylic acid groups (broad SMARTS) is 6. The third-order valence-electron chi connectivity index (χ3n) is 14.3. The number of carboxylic acids is 6. The average molecular weight is 1420 g/mol. The first-order chi connectivity index (χ1) is 37.0. The van der Waals surface area contributed by atoms with Gasteiger partial charge in [-0.2, -0.15) is 75.8 Å². The van der Waals surface area contributed by atoms with Crippen molar-refractivity contribution < 1.29 is 78.5 Å². The van der Waals surface area contributed by atoms with Gasteiger partial charge in [-0.15, -0.1) is 0 Å². The number of hydrogen-bond acceptors (Lipinski definition) is 22. The summed E-state index contributed by atoms with van der Waals surface area (Å²) in [5.74, 6) is -13.0. The first kappa shape index (κ1) is 83.4. The Labute approximate surface area is 525 Å². The van der Waals surface area contributed by atoms with Crippen molar-refractivity contribution in [3.63, 3.8) is 0 Å². The fourth-order valence-electron chi connectivity index (χ4n) is 10.4. The van der Waals surface area contributed by atoms with Gasteiger partial charge in [0.15, 0.2) is 0 Å². The molecule has 444 valence electrons. The maximum atomic E-state index is 13.1. The molecule has 4 unspecified atom stereocenters. The van der Waals surface area contributed by atoms with Gasteiger partial charge >= 0.3 is 66.9 Å². The topological polar surface area (TPSA) is 293 Å². The first-order valence-electron chi connectivity index (χ1n) is 26.8. The molecule has 4 atom stereocenters. The number of carbonyl (C=O) groups is 8. The van der Waals surface area contributed by atoms with Crippen LogP contribution in [0, 0.1) is 21.7 Å². The predicted octanol–water partition coefficient (Wildman–Crippen LogP) is 3.52. The Morgan fingerprint density at radius 2 is 0.551 bits per heavy atom. The Kier molecular flexibility index (Phi) is 50.6. The third-order valence-corrected chi connectivity index (χ3v) is 16.1. The summed E-state index contributed by atoms with van der Waals surface area (Å²) in [6.45, 7) is 7.97. The summed E-state index contributed by atoms with van der Waals surface area (Å²) in [6.07, 6.45) is 12.2. The monoisotopic (exact) mass is 1420 g/mol. The van der Waals surface area contributed by atoms with E-state index in [0.717, 1.165) is 51.4 Å². The van der Waals surface area contributed by atoms with E-state index in [-0.39, 0.29) is 74.4 Å². The molecule has 0 amide bonds. The van der Waals surface area contributed by atoms with Gasteiger partial charge in [-0.25, -0.2) is 9.59 Å². The Balaban J connectivity index is -0.000000659. The van der Waals surface area contributed by atoms with Crippen LogP contribution in [0.1, 0.15) is 182 Å². The summed E-state index contributed by atoms with van der Waals surface area (Å²) < 4.78 is 11.6. The van der Waals surface area contributed by atoms with Crippen LogP contribution < -0.4 is 30.6 Å². The number of aliphatic carboxylic acids is 6. The van der Waals surface area contributed by atoms with Gasteiger partial charge in [0.1, 0.15) is 11.2 Å². The molecule has 16 nitrogen and oxygen atoms in total. The van der Waals surface area contributed by atoms with Crippen molar-refractivity contribution in [2.24, 2.45) is 21.7 Å². The number of thiol groups is 6. The summed E-state index contributed by atoms with van der Waals surface area (Å²) in [7, 11) is 0. The summed E-state index contributed by atoms with van der Waals surface area (Å²) in [5, 5.41) is 74.0. The van der Waals surface area contributed by atoms with Crippen LogP contribution in [-0.4, -0.2) is 139 Å². The van der Waals surface area contributed by atoms with Crippen molar-refractivity contribution in [2.75, 3.05) is 34.5 Å². The second-order valence-electron chi connectivity index (χ2n) is 18.7. The fourth-order valence-corrected chi connectivity index (χ4v) is 13.3. The molecular weight excluding hydrogens is 1330 g/mol. The molecule has 0 fully saturated rings. The van der Waals surface area contributed by atoms with E-state index in [1.54, 1.807) is 45.0 Å². The molecule has 0 N–H and O–H groups in total. The third kappa shape index (κ3) is 24.6. The van der Waals surface area contributed by atoms with Crippen molar-refractivity contribution >= 4 is 169 Å². The SMILES string of the molecule is CCCCCCC(CCS)(C(=O)[O-])C(CS)(OC(=O)/C=C\C(=O)[O-])C(CCS)(CCCCCC)C(=O)[O-].CCCCCCC(CCS)(C(=O)[O-])C(CS)(OC(=O)/C=C\C(=O)[O-])C(CCS)(CCCCCC)C(=O)[O-].[CH3][Sn+3].[CH3][Sn+3]. The summed E-state index contributed by atoms with van der Waals surface area (Å²) in [6, 6.07) is 0. The van der Waals surface area contributed by atoms with E-state index in [4.69, 9.17) is 9.47 Å². The first-order valence-corrected chi connectivity index (χ1v) is 36.3. The standard InChI is InChI=1S/2C26H44O8S3.2CH3.2Sn/c2*1-3-5-7-9-13-24(15-17-35,22(30)31)26(19-37,34-21(29)12-11-20(27)28)25(16-18-36,23(32)33)14-10-8-6-4-2;;;;/h2*11-12,35-37H,3-10,13-19H2,1-2H3,(H,27,28)(H,30,31)(H,32,33);2*1H3;;/q;;;;2*+3/p-6/b2*12-11-;;;;. The number of unbranched alkanes of at least 4 members (excludes halogenated alkanes) is 12. The fraction of sp³-hybridized carbons (Fsp3) is 0.778. The Bertz CT molecular complexity index is 1610. The number of esters is 2. The molecule has 0 saturated carbocycles. The molecular formula is C54H88O16S6Sn2. The summed E-state index contributed by atoms with van der Waals surface area (Å²) >= 11 is 29.0. The van der Waals surface area contributed by atoms with Gasteiger partial charge in [0.25, 0.3) is 0 Å². The van der Waals surface area contributed by atoms with E-state index < -0.39 is 92.1 Å². The van der Waals surface area contributed by atoms with Crippen LogP contribution in [0.5, 0.6) is 0 Å². The zero-order valence-corrected chi connectivity index (χ0v) is 57.8. The second-order valence-corrected chi connectivity index (χ2v) is 21.2. The Morgan fingerprint density at radius 1 is 0.346 bits per heavy atom. The Hall–Kier alpha value is -1.06. The van der Waals surface area contributed by atoms with Crippen molar-refractivity contribution in [1.82, 2.24) is 0 Å². The van der Waals surface area contributed by atoms with Crippen LogP contribution in [0.25, 0.3) is 0 Å². The summed E-state index contributed by atoms with van der Waals surface area (Å²) in [5.41, 5.74) is -12.5. The zero-order valence-electron chi connectivity index (χ0n) is 46.7. The van der Waals surface area contributed by atoms with Gasteiger partial charge in [-0.05, 0) is 86.5 Å². The normalized spacial score (nSPS) is 15.8. The van der Waals surface area contributed by atoms with E-state index in [0.29, 0.717) is 75.7 Å². The number of rotatable bonds is 44. The predicted molar refractivity (Wildman–Crippen MR) is 316 cm³/mol. The quantitative estimate of drug-likeness (QED) is 0.0167. The molecule has 0 spiro atoms. The molecule has 0 radical (unpaired) electrons. The van der Waals surface area contributed by atoms with E-state index in [9.17, 15) is 69.0 Å². The van der Waals surface area contributed by atoms with Gasteiger partial charge in [-0.1, -0.05) is 130 Å². The van der Waals surface area contributed by atoms with Crippen LogP contribution in [0.4, 0.5) is 0 Å². The molecule has 0 aromatic rings. The van der Waals surface area contributed by atoms with E-state index >= 15 is 0 Å². The van der Waals surface area contributed by atoms with Crippen LogP contribution in [0.15, 0.2) is 24.3 Å². The van der Waals surface area contributed by atoms with Crippen LogP contribution in [0.2, 0.25) is 9.88 Å². The van der Waals surface area contributed by atoms with Crippen molar-refractivity contribution in [2.45, 2.75) is 203 Å². The molecule has 0 aromatic heterocycles. The van der Waals surface area contributed by atoms with E-state index in [1.807, 2.05) is 27.7 Å². The molecule has 0 saturated heterocycles. The molecule has 78 heavy (non-hydrogen) atoms. The Morgan fingerprint density at radius 3 is 0.692 bits per heavy atom. The summed E-state index contributed by atoms with van der Waals surface area (Å²) in [4.78, 5) is 104. The van der Waals surface area contributed by atoms with Crippen LogP contribution in [0.3, 0.4) is 0 Å². The maximum absolute atomic E-state index is 13.1. The van der Waals surface area contributed by atoms with Crippen LogP contribution in [-0.2, 0) is 47.8 Å². The van der Waals surface area contributed by atoms with Gasteiger partial charge in [0, 0.05) is 23.7 Å². The molecule has 0 aliphatic rings. The molecule has 0 aliphatic heterocycles. The van der Waals surface area contributed by atoms with Crippen molar-refractivity contribution in [3.05, 3.63) is 24.3 Å². The number of carbonyl (C=O) groups excluding carboxylic acids is 8. The van der Waals surface area contributed by atoms with E-state index in [2.05, 4.69) is 85.7 Å². The number of hydrogen-bond donors (Lipinski definition) is 6. The second kappa shape index (κ2) is 47.3. The van der Waals surface area contributed by atoms with E-state index in [1.165, 1.54) is 0 Å².